The summed E-state index contributed by atoms with van der Waals surface area (Å²) in [5.74, 6) is 0.0274. The average molecular weight is 315 g/mol. The van der Waals surface area contributed by atoms with Crippen LogP contribution < -0.4 is 5.32 Å². The highest BCUT2D eigenvalue weighted by Gasteiger charge is 2.27. The molecule has 1 unspecified atom stereocenters. The SMILES string of the molecule is CC(C)C(O)CNC(=O)c1cc(Br)cn1C1CC1. The molecule has 0 radical (unpaired) electrons. The molecule has 1 aromatic heterocycles. The molecule has 1 atom stereocenters. The van der Waals surface area contributed by atoms with E-state index in [0.29, 0.717) is 18.3 Å². The van der Waals surface area contributed by atoms with Gasteiger partial charge in [-0.15, -0.1) is 0 Å². The fraction of sp³-hybridized carbons (Fsp3) is 0.615. The minimum absolute atomic E-state index is 0.118. The summed E-state index contributed by atoms with van der Waals surface area (Å²) in [6, 6.07) is 2.29. The lowest BCUT2D eigenvalue weighted by atomic mass is 10.1. The van der Waals surface area contributed by atoms with Gasteiger partial charge in [-0.05, 0) is 40.8 Å². The molecular weight excluding hydrogens is 296 g/mol. The number of aromatic nitrogens is 1. The zero-order valence-electron chi connectivity index (χ0n) is 10.7. The van der Waals surface area contributed by atoms with Gasteiger partial charge in [0.1, 0.15) is 5.69 Å². The number of halogens is 1. The van der Waals surface area contributed by atoms with Crippen LogP contribution in [0.4, 0.5) is 0 Å². The molecule has 0 aromatic carbocycles. The van der Waals surface area contributed by atoms with Gasteiger partial charge in [-0.2, -0.15) is 0 Å². The van der Waals surface area contributed by atoms with E-state index in [-0.39, 0.29) is 11.8 Å². The Bertz CT molecular complexity index is 438. The second-order valence-electron chi connectivity index (χ2n) is 5.20. The van der Waals surface area contributed by atoms with E-state index < -0.39 is 6.10 Å². The monoisotopic (exact) mass is 314 g/mol. The van der Waals surface area contributed by atoms with Crippen LogP contribution in [0.2, 0.25) is 0 Å². The lowest BCUT2D eigenvalue weighted by Gasteiger charge is -2.15. The Hall–Kier alpha value is -0.810. The largest absolute Gasteiger partial charge is 0.391 e. The van der Waals surface area contributed by atoms with Crippen LogP contribution in [0.25, 0.3) is 0 Å². The van der Waals surface area contributed by atoms with Gasteiger partial charge in [-0.1, -0.05) is 13.8 Å². The summed E-state index contributed by atoms with van der Waals surface area (Å²) in [5.41, 5.74) is 0.667. The highest BCUT2D eigenvalue weighted by molar-refractivity contribution is 9.10. The molecule has 2 rings (SSSR count). The summed E-state index contributed by atoms with van der Waals surface area (Å²) in [5, 5.41) is 12.5. The lowest BCUT2D eigenvalue weighted by Crippen LogP contribution is -2.35. The number of rotatable bonds is 5. The quantitative estimate of drug-likeness (QED) is 0.876. The van der Waals surface area contributed by atoms with E-state index in [1.165, 1.54) is 0 Å². The molecule has 1 fully saturated rings. The first-order valence-electron chi connectivity index (χ1n) is 6.32. The first-order valence-corrected chi connectivity index (χ1v) is 7.12. The van der Waals surface area contributed by atoms with Gasteiger partial charge in [-0.3, -0.25) is 4.79 Å². The number of aliphatic hydroxyl groups excluding tert-OH is 1. The van der Waals surface area contributed by atoms with Crippen LogP contribution in [-0.4, -0.2) is 28.2 Å². The first-order chi connectivity index (χ1) is 8.49. The Balaban J connectivity index is 2.00. The molecule has 0 aliphatic heterocycles. The maximum absolute atomic E-state index is 12.1. The second-order valence-corrected chi connectivity index (χ2v) is 6.12. The van der Waals surface area contributed by atoms with Crippen LogP contribution in [0.1, 0.15) is 43.2 Å². The number of carbonyl (C=O) groups is 1. The van der Waals surface area contributed by atoms with Crippen molar-refractivity contribution in [1.82, 2.24) is 9.88 Å². The minimum atomic E-state index is -0.498. The Morgan fingerprint density at radius 1 is 1.61 bits per heavy atom. The molecule has 1 aliphatic carbocycles. The number of nitrogens with one attached hydrogen (secondary N) is 1. The van der Waals surface area contributed by atoms with Crippen molar-refractivity contribution in [2.75, 3.05) is 6.54 Å². The maximum atomic E-state index is 12.1. The summed E-state index contributed by atoms with van der Waals surface area (Å²) in [6.07, 6.45) is 3.72. The normalized spacial score (nSPS) is 16.9. The van der Waals surface area contributed by atoms with E-state index in [0.717, 1.165) is 17.3 Å². The third kappa shape index (κ3) is 3.14. The Labute approximate surface area is 116 Å². The van der Waals surface area contributed by atoms with Crippen molar-refractivity contribution in [1.29, 1.82) is 0 Å². The molecule has 5 heteroatoms. The molecule has 0 bridgehead atoms. The number of amides is 1. The number of carbonyl (C=O) groups excluding carboxylic acids is 1. The molecule has 0 saturated heterocycles. The summed E-state index contributed by atoms with van der Waals surface area (Å²) in [7, 11) is 0. The molecule has 4 nitrogen and oxygen atoms in total. The van der Waals surface area contributed by atoms with Crippen molar-refractivity contribution in [3.8, 4) is 0 Å². The maximum Gasteiger partial charge on any atom is 0.268 e. The molecular formula is C13H19BrN2O2. The molecule has 0 spiro atoms. The van der Waals surface area contributed by atoms with Crippen LogP contribution in [0.3, 0.4) is 0 Å². The van der Waals surface area contributed by atoms with Gasteiger partial charge in [0.2, 0.25) is 0 Å². The number of hydrogen-bond acceptors (Lipinski definition) is 2. The van der Waals surface area contributed by atoms with E-state index in [9.17, 15) is 9.90 Å². The molecule has 1 saturated carbocycles. The van der Waals surface area contributed by atoms with Crippen LogP contribution >= 0.6 is 15.9 Å². The molecule has 2 N–H and O–H groups in total. The third-order valence-electron chi connectivity index (χ3n) is 3.23. The molecule has 100 valence electrons. The number of hydrogen-bond donors (Lipinski definition) is 2. The lowest BCUT2D eigenvalue weighted by molar-refractivity contribution is 0.0863. The fourth-order valence-electron chi connectivity index (χ4n) is 1.81. The fourth-order valence-corrected chi connectivity index (χ4v) is 2.24. The van der Waals surface area contributed by atoms with E-state index in [4.69, 9.17) is 0 Å². The van der Waals surface area contributed by atoms with Crippen molar-refractivity contribution in [3.05, 3.63) is 22.4 Å². The minimum Gasteiger partial charge on any atom is -0.391 e. The highest BCUT2D eigenvalue weighted by Crippen LogP contribution is 2.37. The van der Waals surface area contributed by atoms with E-state index in [2.05, 4.69) is 21.2 Å². The van der Waals surface area contributed by atoms with Gasteiger partial charge in [0.25, 0.3) is 5.91 Å². The summed E-state index contributed by atoms with van der Waals surface area (Å²) in [6.45, 7) is 4.16. The van der Waals surface area contributed by atoms with Crippen molar-refractivity contribution < 1.29 is 9.90 Å². The third-order valence-corrected chi connectivity index (χ3v) is 3.66. The Kier molecular flexibility index (Phi) is 4.12. The summed E-state index contributed by atoms with van der Waals surface area (Å²) < 4.78 is 2.94. The molecule has 1 amide bonds. The van der Waals surface area contributed by atoms with E-state index >= 15 is 0 Å². The average Bonchev–Trinajstić information content (AvgIpc) is 3.08. The topological polar surface area (TPSA) is 54.3 Å². The second kappa shape index (κ2) is 5.45. The van der Waals surface area contributed by atoms with Gasteiger partial charge in [0.05, 0.1) is 6.10 Å². The van der Waals surface area contributed by atoms with Crippen LogP contribution in [-0.2, 0) is 0 Å². The Morgan fingerprint density at radius 3 is 2.83 bits per heavy atom. The van der Waals surface area contributed by atoms with Crippen LogP contribution in [0.15, 0.2) is 16.7 Å². The van der Waals surface area contributed by atoms with Gasteiger partial charge in [0, 0.05) is 23.3 Å². The van der Waals surface area contributed by atoms with Crippen LogP contribution in [0.5, 0.6) is 0 Å². The number of aliphatic hydroxyl groups is 1. The smallest absolute Gasteiger partial charge is 0.268 e. The zero-order valence-corrected chi connectivity index (χ0v) is 12.3. The van der Waals surface area contributed by atoms with Crippen molar-refractivity contribution in [2.24, 2.45) is 5.92 Å². The standard InChI is InChI=1S/C13H19BrN2O2/c1-8(2)12(17)6-15-13(18)11-5-9(14)7-16(11)10-3-4-10/h5,7-8,10,12,17H,3-4,6H2,1-2H3,(H,15,18). The highest BCUT2D eigenvalue weighted by atomic mass is 79.9. The van der Waals surface area contributed by atoms with Gasteiger partial charge in [0.15, 0.2) is 0 Å². The Morgan fingerprint density at radius 2 is 2.28 bits per heavy atom. The van der Waals surface area contributed by atoms with E-state index in [1.807, 2.05) is 30.7 Å². The summed E-state index contributed by atoms with van der Waals surface area (Å²) in [4.78, 5) is 12.1. The molecule has 1 heterocycles. The van der Waals surface area contributed by atoms with Crippen molar-refractivity contribution >= 4 is 21.8 Å². The van der Waals surface area contributed by atoms with E-state index in [1.54, 1.807) is 0 Å². The molecule has 18 heavy (non-hydrogen) atoms. The zero-order chi connectivity index (χ0) is 13.3. The number of nitrogens with zero attached hydrogens (tertiary/aromatic N) is 1. The van der Waals surface area contributed by atoms with Crippen LogP contribution in [0, 0.1) is 5.92 Å². The predicted molar refractivity (Wildman–Crippen MR) is 73.6 cm³/mol. The molecule has 1 aromatic rings. The van der Waals surface area contributed by atoms with Gasteiger partial charge >= 0.3 is 0 Å². The van der Waals surface area contributed by atoms with Crippen molar-refractivity contribution in [2.45, 2.75) is 38.8 Å². The van der Waals surface area contributed by atoms with Gasteiger partial charge < -0.3 is 15.0 Å². The van der Waals surface area contributed by atoms with Crippen molar-refractivity contribution in [3.63, 3.8) is 0 Å². The van der Waals surface area contributed by atoms with Gasteiger partial charge in [-0.25, -0.2) is 0 Å². The first kappa shape index (κ1) is 13.6. The predicted octanol–water partition coefficient (Wildman–Crippen LogP) is 2.33. The summed E-state index contributed by atoms with van der Waals surface area (Å²) >= 11 is 3.40. The molecule has 1 aliphatic rings.